The number of primary amides is 1. The number of nitrogens with two attached hydrogens (primary N) is 1. The number of carbonyl (C=O) groups excluding carboxylic acids is 1. The maximum absolute atomic E-state index is 10.2. The van der Waals surface area contributed by atoms with E-state index in [2.05, 4.69) is 20.7 Å². The molecule has 1 aromatic rings. The van der Waals surface area contributed by atoms with Crippen molar-refractivity contribution in [3.8, 4) is 0 Å². The van der Waals surface area contributed by atoms with Crippen LogP contribution >= 0.6 is 15.9 Å². The molecule has 12 heavy (non-hydrogen) atoms. The Morgan fingerprint density at radius 2 is 2.00 bits per heavy atom. The van der Waals surface area contributed by atoms with E-state index in [9.17, 15) is 4.79 Å². The minimum absolute atomic E-state index is 0.225. The molecule has 0 heterocycles. The maximum Gasteiger partial charge on any atom is 0.404 e. The molecule has 3 nitrogen and oxygen atoms in total. The zero-order valence-electron chi connectivity index (χ0n) is 6.29. The monoisotopic (exact) mass is 229 g/mol. The fourth-order valence-corrected chi connectivity index (χ4v) is 0.999. The molecule has 0 aromatic heterocycles. The summed E-state index contributed by atoms with van der Waals surface area (Å²) in [7, 11) is 0. The molecule has 1 aromatic carbocycles. The van der Waals surface area contributed by atoms with E-state index in [1.165, 1.54) is 0 Å². The highest BCUT2D eigenvalue weighted by atomic mass is 79.9. The minimum atomic E-state index is -0.752. The van der Waals surface area contributed by atoms with Gasteiger partial charge < -0.3 is 10.5 Å². The lowest BCUT2D eigenvalue weighted by Gasteiger charge is -2.00. The molecule has 0 aliphatic carbocycles. The normalized spacial score (nSPS) is 9.42. The first-order valence-electron chi connectivity index (χ1n) is 3.35. The van der Waals surface area contributed by atoms with Crippen LogP contribution in [0.25, 0.3) is 0 Å². The van der Waals surface area contributed by atoms with Crippen LogP contribution < -0.4 is 5.73 Å². The van der Waals surface area contributed by atoms with Gasteiger partial charge in [-0.2, -0.15) is 0 Å². The zero-order valence-corrected chi connectivity index (χ0v) is 7.87. The number of hydrogen-bond donors (Lipinski definition) is 1. The van der Waals surface area contributed by atoms with Gasteiger partial charge in [0.05, 0.1) is 0 Å². The number of benzene rings is 1. The van der Waals surface area contributed by atoms with Gasteiger partial charge in [0.15, 0.2) is 0 Å². The van der Waals surface area contributed by atoms with E-state index >= 15 is 0 Å². The maximum atomic E-state index is 10.2. The Labute approximate surface area is 78.6 Å². The van der Waals surface area contributed by atoms with E-state index in [1.54, 1.807) is 0 Å². The van der Waals surface area contributed by atoms with Crippen molar-refractivity contribution in [1.29, 1.82) is 0 Å². The molecule has 1 rings (SSSR count). The van der Waals surface area contributed by atoms with Gasteiger partial charge in [0.2, 0.25) is 0 Å². The lowest BCUT2D eigenvalue weighted by atomic mass is 10.2. The Morgan fingerprint density at radius 1 is 1.42 bits per heavy atom. The number of rotatable bonds is 2. The van der Waals surface area contributed by atoms with Crippen LogP contribution in [-0.4, -0.2) is 6.09 Å². The quantitative estimate of drug-likeness (QED) is 0.845. The van der Waals surface area contributed by atoms with Crippen molar-refractivity contribution in [1.82, 2.24) is 0 Å². The third-order valence-corrected chi connectivity index (χ3v) is 1.82. The van der Waals surface area contributed by atoms with E-state index in [1.807, 2.05) is 24.3 Å². The molecule has 1 amide bonds. The lowest BCUT2D eigenvalue weighted by Crippen LogP contribution is -2.12. The second-order valence-corrected chi connectivity index (χ2v) is 3.15. The molecule has 0 fully saturated rings. The largest absolute Gasteiger partial charge is 0.445 e. The Morgan fingerprint density at radius 3 is 2.50 bits per heavy atom. The van der Waals surface area contributed by atoms with E-state index in [4.69, 9.17) is 5.73 Å². The third-order valence-electron chi connectivity index (χ3n) is 1.29. The molecule has 64 valence electrons. The molecule has 0 unspecified atom stereocenters. The molecule has 0 saturated carbocycles. The van der Waals surface area contributed by atoms with Gasteiger partial charge in [-0.05, 0) is 17.7 Å². The first-order valence-corrected chi connectivity index (χ1v) is 4.14. The smallest absolute Gasteiger partial charge is 0.404 e. The molecule has 0 spiro atoms. The summed E-state index contributed by atoms with van der Waals surface area (Å²) >= 11 is 3.29. The van der Waals surface area contributed by atoms with Crippen molar-refractivity contribution in [2.24, 2.45) is 5.73 Å². The van der Waals surface area contributed by atoms with Gasteiger partial charge in [-0.25, -0.2) is 4.79 Å². The van der Waals surface area contributed by atoms with Gasteiger partial charge in [0, 0.05) is 4.47 Å². The van der Waals surface area contributed by atoms with Crippen LogP contribution in [0.1, 0.15) is 5.56 Å². The summed E-state index contributed by atoms with van der Waals surface area (Å²) < 4.78 is 5.58. The molecular formula is C8H8BrNO2. The van der Waals surface area contributed by atoms with Crippen LogP contribution in [-0.2, 0) is 11.3 Å². The topological polar surface area (TPSA) is 52.3 Å². The van der Waals surface area contributed by atoms with Gasteiger partial charge in [-0.3, -0.25) is 0 Å². The Balaban J connectivity index is 2.53. The van der Waals surface area contributed by atoms with Gasteiger partial charge >= 0.3 is 6.09 Å². The molecule has 0 bridgehead atoms. The van der Waals surface area contributed by atoms with E-state index in [-0.39, 0.29) is 6.61 Å². The second-order valence-electron chi connectivity index (χ2n) is 2.23. The van der Waals surface area contributed by atoms with Gasteiger partial charge in [-0.1, -0.05) is 28.1 Å². The fourth-order valence-electron chi connectivity index (χ4n) is 0.735. The van der Waals surface area contributed by atoms with Crippen LogP contribution in [0.3, 0.4) is 0 Å². The lowest BCUT2D eigenvalue weighted by molar-refractivity contribution is 0.150. The third kappa shape index (κ3) is 2.92. The minimum Gasteiger partial charge on any atom is -0.445 e. The van der Waals surface area contributed by atoms with Crippen LogP contribution in [0.15, 0.2) is 28.7 Å². The molecular weight excluding hydrogens is 222 g/mol. The van der Waals surface area contributed by atoms with Crippen LogP contribution in [0.4, 0.5) is 4.79 Å². The number of ether oxygens (including phenoxy) is 1. The molecule has 0 radical (unpaired) electrons. The first-order chi connectivity index (χ1) is 5.68. The molecule has 4 heteroatoms. The molecule has 0 atom stereocenters. The van der Waals surface area contributed by atoms with Gasteiger partial charge in [0.25, 0.3) is 0 Å². The van der Waals surface area contributed by atoms with Crippen molar-refractivity contribution < 1.29 is 9.53 Å². The van der Waals surface area contributed by atoms with E-state index in [0.717, 1.165) is 10.0 Å². The number of amides is 1. The zero-order chi connectivity index (χ0) is 8.97. The average molecular weight is 230 g/mol. The highest BCUT2D eigenvalue weighted by Crippen LogP contribution is 2.10. The summed E-state index contributed by atoms with van der Waals surface area (Å²) in [5, 5.41) is 0. The van der Waals surface area contributed by atoms with Crippen LogP contribution in [0.5, 0.6) is 0 Å². The van der Waals surface area contributed by atoms with Crippen molar-refractivity contribution in [2.75, 3.05) is 0 Å². The number of hydrogen-bond acceptors (Lipinski definition) is 2. The standard InChI is InChI=1S/C8H8BrNO2/c9-7-3-1-6(2-4-7)5-12-8(10)11/h1-4H,5H2,(H2,10,11). The summed E-state index contributed by atoms with van der Waals surface area (Å²) in [5.74, 6) is 0. The van der Waals surface area contributed by atoms with Gasteiger partial charge in [0.1, 0.15) is 6.61 Å². The van der Waals surface area contributed by atoms with Crippen LogP contribution in [0.2, 0.25) is 0 Å². The van der Waals surface area contributed by atoms with Crippen LogP contribution in [0, 0.1) is 0 Å². The highest BCUT2D eigenvalue weighted by Gasteiger charge is 1.95. The molecule has 0 aliphatic rings. The Kier molecular flexibility index (Phi) is 3.10. The summed E-state index contributed by atoms with van der Waals surface area (Å²) in [6.07, 6.45) is -0.752. The molecule has 2 N–H and O–H groups in total. The predicted molar refractivity (Wildman–Crippen MR) is 48.5 cm³/mol. The second kappa shape index (κ2) is 4.11. The van der Waals surface area contributed by atoms with E-state index in [0.29, 0.717) is 0 Å². The highest BCUT2D eigenvalue weighted by molar-refractivity contribution is 9.10. The number of halogens is 1. The average Bonchev–Trinajstić information content (AvgIpc) is 2.03. The van der Waals surface area contributed by atoms with Crippen molar-refractivity contribution in [2.45, 2.75) is 6.61 Å². The fraction of sp³-hybridized carbons (Fsp3) is 0.125. The molecule has 0 saturated heterocycles. The Bertz CT molecular complexity index is 271. The van der Waals surface area contributed by atoms with Crippen molar-refractivity contribution >= 4 is 22.0 Å². The number of carbonyl (C=O) groups is 1. The van der Waals surface area contributed by atoms with Crippen molar-refractivity contribution in [3.63, 3.8) is 0 Å². The summed E-state index contributed by atoms with van der Waals surface area (Å²) in [5.41, 5.74) is 5.71. The summed E-state index contributed by atoms with van der Waals surface area (Å²) in [4.78, 5) is 10.2. The predicted octanol–water partition coefficient (Wildman–Crippen LogP) is 2.04. The summed E-state index contributed by atoms with van der Waals surface area (Å²) in [6.45, 7) is 0.225. The molecule has 0 aliphatic heterocycles. The summed E-state index contributed by atoms with van der Waals surface area (Å²) in [6, 6.07) is 7.46. The van der Waals surface area contributed by atoms with Crippen molar-refractivity contribution in [3.05, 3.63) is 34.3 Å². The SMILES string of the molecule is NC(=O)OCc1ccc(Br)cc1. The Hall–Kier alpha value is -1.03. The van der Waals surface area contributed by atoms with E-state index < -0.39 is 6.09 Å². The first kappa shape index (κ1) is 9.06. The van der Waals surface area contributed by atoms with Gasteiger partial charge in [-0.15, -0.1) is 0 Å².